The van der Waals surface area contributed by atoms with E-state index in [0.29, 0.717) is 50.5 Å². The Morgan fingerprint density at radius 1 is 1.13 bits per heavy atom. The van der Waals surface area contributed by atoms with Gasteiger partial charge in [-0.25, -0.2) is 8.42 Å². The molecule has 1 aromatic heterocycles. The molecular formula is C21H26N4O5S. The maximum absolute atomic E-state index is 12.6. The van der Waals surface area contributed by atoms with Gasteiger partial charge in [0.1, 0.15) is 10.6 Å². The summed E-state index contributed by atoms with van der Waals surface area (Å²) in [6.07, 6.45) is 4.05. The molecule has 1 fully saturated rings. The molecule has 2 N–H and O–H groups in total. The van der Waals surface area contributed by atoms with Crippen LogP contribution in [0, 0.1) is 5.92 Å². The molecule has 0 atom stereocenters. The molecule has 0 unspecified atom stereocenters. The predicted molar refractivity (Wildman–Crippen MR) is 115 cm³/mol. The summed E-state index contributed by atoms with van der Waals surface area (Å²) >= 11 is 0. The Labute approximate surface area is 181 Å². The Morgan fingerprint density at radius 2 is 1.87 bits per heavy atom. The number of carbonyl (C=O) groups excluding carboxylic acids is 2. The van der Waals surface area contributed by atoms with E-state index in [1.54, 1.807) is 30.3 Å². The fraction of sp³-hybridized carbons (Fsp3) is 0.381. The van der Waals surface area contributed by atoms with Crippen LogP contribution in [0.4, 0.5) is 5.69 Å². The van der Waals surface area contributed by atoms with Crippen LogP contribution in [0.2, 0.25) is 0 Å². The normalized spacial score (nSPS) is 15.3. The molecule has 0 spiro atoms. The highest BCUT2D eigenvalue weighted by atomic mass is 32.2. The molecule has 0 radical (unpaired) electrons. The number of rotatable bonds is 7. The smallest absolute Gasteiger partial charge is 0.313 e. The van der Waals surface area contributed by atoms with Gasteiger partial charge < -0.3 is 15.4 Å². The van der Waals surface area contributed by atoms with E-state index in [-0.39, 0.29) is 10.8 Å². The third-order valence-electron chi connectivity index (χ3n) is 5.04. The molecule has 1 aliphatic heterocycles. The van der Waals surface area contributed by atoms with Crippen molar-refractivity contribution in [1.82, 2.24) is 14.6 Å². The highest BCUT2D eigenvalue weighted by Gasteiger charge is 2.30. The minimum absolute atomic E-state index is 0.0906. The second-order valence-electron chi connectivity index (χ2n) is 7.13. The van der Waals surface area contributed by atoms with Gasteiger partial charge in [0.05, 0.1) is 12.3 Å². The second kappa shape index (κ2) is 10.4. The van der Waals surface area contributed by atoms with E-state index >= 15 is 0 Å². The maximum Gasteiger partial charge on any atom is 0.313 e. The largest absolute Gasteiger partial charge is 0.492 e. The van der Waals surface area contributed by atoms with Crippen molar-refractivity contribution in [3.63, 3.8) is 0 Å². The number of aromatic nitrogens is 1. The lowest BCUT2D eigenvalue weighted by Crippen LogP contribution is -2.43. The van der Waals surface area contributed by atoms with Crippen LogP contribution in [0.1, 0.15) is 19.8 Å². The minimum atomic E-state index is -3.57. The summed E-state index contributed by atoms with van der Waals surface area (Å²) in [7, 11) is -3.57. The lowest BCUT2D eigenvalue weighted by atomic mass is 9.98. The van der Waals surface area contributed by atoms with Crippen molar-refractivity contribution in [2.75, 3.05) is 31.6 Å². The van der Waals surface area contributed by atoms with E-state index < -0.39 is 21.8 Å². The van der Waals surface area contributed by atoms with Gasteiger partial charge >= 0.3 is 11.8 Å². The molecular weight excluding hydrogens is 420 g/mol. The highest BCUT2D eigenvalue weighted by molar-refractivity contribution is 7.89. The zero-order valence-corrected chi connectivity index (χ0v) is 18.1. The first kappa shape index (κ1) is 22.7. The van der Waals surface area contributed by atoms with Gasteiger partial charge in [0, 0.05) is 32.0 Å². The molecule has 9 nitrogen and oxygen atoms in total. The minimum Gasteiger partial charge on any atom is -0.492 e. The highest BCUT2D eigenvalue weighted by Crippen LogP contribution is 2.24. The number of carbonyl (C=O) groups is 2. The SMILES string of the molecule is CCOc1ccccc1NC(=O)C(=O)NCC1CCN(S(=O)(=O)c2cccnc2)CC1. The lowest BCUT2D eigenvalue weighted by molar-refractivity contribution is -0.136. The zero-order chi connectivity index (χ0) is 22.3. The van der Waals surface area contributed by atoms with Crippen molar-refractivity contribution in [3.05, 3.63) is 48.8 Å². The van der Waals surface area contributed by atoms with Crippen molar-refractivity contribution in [2.24, 2.45) is 5.92 Å². The molecule has 2 aromatic rings. The monoisotopic (exact) mass is 446 g/mol. The predicted octanol–water partition coefficient (Wildman–Crippen LogP) is 1.64. The van der Waals surface area contributed by atoms with Gasteiger partial charge in [-0.05, 0) is 49.9 Å². The molecule has 0 saturated carbocycles. The molecule has 1 aromatic carbocycles. The lowest BCUT2D eigenvalue weighted by Gasteiger charge is -2.31. The molecule has 1 aliphatic rings. The van der Waals surface area contributed by atoms with Crippen molar-refractivity contribution in [1.29, 1.82) is 0 Å². The van der Waals surface area contributed by atoms with Crippen LogP contribution in [0.5, 0.6) is 5.75 Å². The Kier molecular flexibility index (Phi) is 7.59. The third kappa shape index (κ3) is 5.80. The van der Waals surface area contributed by atoms with E-state index in [0.717, 1.165) is 0 Å². The summed E-state index contributed by atoms with van der Waals surface area (Å²) in [6, 6.07) is 10.0. The van der Waals surface area contributed by atoms with Crippen molar-refractivity contribution in [3.8, 4) is 5.75 Å². The van der Waals surface area contributed by atoms with Crippen LogP contribution in [-0.4, -0.2) is 55.8 Å². The number of anilines is 1. The number of benzene rings is 1. The van der Waals surface area contributed by atoms with Crippen LogP contribution in [0.3, 0.4) is 0 Å². The molecule has 0 aliphatic carbocycles. The van der Waals surface area contributed by atoms with Gasteiger partial charge in [0.25, 0.3) is 0 Å². The van der Waals surface area contributed by atoms with E-state index in [4.69, 9.17) is 4.74 Å². The van der Waals surface area contributed by atoms with Crippen LogP contribution in [0.15, 0.2) is 53.7 Å². The summed E-state index contributed by atoms with van der Waals surface area (Å²) in [4.78, 5) is 28.4. The number of pyridine rings is 1. The summed E-state index contributed by atoms with van der Waals surface area (Å²) in [5.74, 6) is -0.929. The molecule has 1 saturated heterocycles. The van der Waals surface area contributed by atoms with Crippen molar-refractivity contribution >= 4 is 27.5 Å². The molecule has 0 bridgehead atoms. The zero-order valence-electron chi connectivity index (χ0n) is 17.3. The molecule has 3 rings (SSSR count). The second-order valence-corrected chi connectivity index (χ2v) is 9.07. The first-order valence-electron chi connectivity index (χ1n) is 10.1. The Balaban J connectivity index is 1.47. The third-order valence-corrected chi connectivity index (χ3v) is 6.92. The van der Waals surface area contributed by atoms with Crippen molar-refractivity contribution < 1.29 is 22.7 Å². The topological polar surface area (TPSA) is 118 Å². The average molecular weight is 447 g/mol. The summed E-state index contributed by atoms with van der Waals surface area (Å²) < 4.78 is 32.2. The van der Waals surface area contributed by atoms with Gasteiger partial charge in [-0.15, -0.1) is 0 Å². The van der Waals surface area contributed by atoms with Crippen LogP contribution in [0.25, 0.3) is 0 Å². The quantitative estimate of drug-likeness (QED) is 0.625. The summed E-state index contributed by atoms with van der Waals surface area (Å²) in [6.45, 7) is 3.28. The average Bonchev–Trinajstić information content (AvgIpc) is 2.79. The Morgan fingerprint density at radius 3 is 2.55 bits per heavy atom. The fourth-order valence-corrected chi connectivity index (χ4v) is 4.78. The molecule has 2 heterocycles. The van der Waals surface area contributed by atoms with E-state index in [1.807, 2.05) is 6.92 Å². The van der Waals surface area contributed by atoms with Crippen LogP contribution in [-0.2, 0) is 19.6 Å². The molecule has 166 valence electrons. The van der Waals surface area contributed by atoms with Gasteiger partial charge in [-0.3, -0.25) is 14.6 Å². The fourth-order valence-electron chi connectivity index (χ4n) is 3.35. The number of hydrogen-bond donors (Lipinski definition) is 2. The number of ether oxygens (including phenoxy) is 1. The summed E-state index contributed by atoms with van der Waals surface area (Å²) in [5.41, 5.74) is 0.429. The van der Waals surface area contributed by atoms with Gasteiger partial charge in [0.2, 0.25) is 10.0 Å². The molecule has 10 heteroatoms. The number of amides is 2. The van der Waals surface area contributed by atoms with Gasteiger partial charge in [0.15, 0.2) is 0 Å². The van der Waals surface area contributed by atoms with Crippen LogP contribution < -0.4 is 15.4 Å². The molecule has 31 heavy (non-hydrogen) atoms. The van der Waals surface area contributed by atoms with Crippen molar-refractivity contribution in [2.45, 2.75) is 24.7 Å². The van der Waals surface area contributed by atoms with E-state index in [2.05, 4.69) is 15.6 Å². The number of nitrogens with zero attached hydrogens (tertiary/aromatic N) is 2. The molecule has 2 amide bonds. The number of para-hydroxylation sites is 2. The van der Waals surface area contributed by atoms with Gasteiger partial charge in [-0.2, -0.15) is 4.31 Å². The van der Waals surface area contributed by atoms with E-state index in [9.17, 15) is 18.0 Å². The van der Waals surface area contributed by atoms with Crippen LogP contribution >= 0.6 is 0 Å². The first-order chi connectivity index (χ1) is 14.9. The van der Waals surface area contributed by atoms with Gasteiger partial charge in [-0.1, -0.05) is 12.1 Å². The standard InChI is InChI=1S/C21H26N4O5S/c1-2-30-19-8-4-3-7-18(19)24-21(27)20(26)23-14-16-9-12-25(13-10-16)31(28,29)17-6-5-11-22-15-17/h3-8,11,15-16H,2,9-10,12-14H2,1H3,(H,23,26)(H,24,27). The first-order valence-corrected chi connectivity index (χ1v) is 11.6. The number of piperidine rings is 1. The number of hydrogen-bond acceptors (Lipinski definition) is 6. The number of nitrogens with one attached hydrogen (secondary N) is 2. The number of sulfonamides is 1. The van der Waals surface area contributed by atoms with E-state index in [1.165, 1.54) is 22.8 Å². The maximum atomic E-state index is 12.6. The summed E-state index contributed by atoms with van der Waals surface area (Å²) in [5, 5.41) is 5.20. The Hall–Kier alpha value is -2.98. The Bertz CT molecular complexity index is 1010.